The average molecular weight is 1140 g/mol. The Labute approximate surface area is 456 Å². The van der Waals surface area contributed by atoms with Crippen LogP contribution < -0.4 is 9.30 Å². The van der Waals surface area contributed by atoms with Crippen molar-refractivity contribution in [3.63, 3.8) is 0 Å². The first kappa shape index (κ1) is 40.2. The second kappa shape index (κ2) is 18.9. The number of rotatable bonds is 8. The van der Waals surface area contributed by atoms with E-state index in [4.69, 9.17) is 20.7 Å². The molecule has 0 unspecified atom stereocenters. The van der Waals surface area contributed by atoms with Crippen molar-refractivity contribution in [2.45, 2.75) is 85.4 Å². The molecular formula is C67H60N4OPt-2. The molecule has 0 saturated carbocycles. The van der Waals surface area contributed by atoms with Gasteiger partial charge in [0.1, 0.15) is 5.82 Å². The van der Waals surface area contributed by atoms with Crippen molar-refractivity contribution in [2.75, 3.05) is 0 Å². The molecule has 0 atom stereocenters. The van der Waals surface area contributed by atoms with Gasteiger partial charge < -0.3 is 13.9 Å². The molecule has 5 nitrogen and oxygen atoms in total. The van der Waals surface area contributed by atoms with Crippen molar-refractivity contribution < 1.29 is 41.3 Å². The summed E-state index contributed by atoms with van der Waals surface area (Å²) in [6, 6.07) is 53.6. The molecule has 0 aliphatic rings. The molecule has 11 rings (SSSR count). The molecule has 0 aliphatic carbocycles. The molecule has 0 amide bonds. The predicted octanol–water partition coefficient (Wildman–Crippen LogP) is 16.8. The topological polar surface area (TPSA) is 35.9 Å². The molecule has 0 spiro atoms. The smallest absolute Gasteiger partial charge is 0.268 e. The Balaban J connectivity index is 0.00000736. The van der Waals surface area contributed by atoms with E-state index in [0.717, 1.165) is 55.3 Å². The van der Waals surface area contributed by atoms with Gasteiger partial charge in [0.2, 0.25) is 0 Å². The summed E-state index contributed by atoms with van der Waals surface area (Å²) in [6.45, 7) is 17.6. The number of imidazole rings is 1. The zero-order chi connectivity index (χ0) is 57.0. The molecule has 0 bridgehead atoms. The van der Waals surface area contributed by atoms with Crippen molar-refractivity contribution in [2.24, 2.45) is 0 Å². The standard InChI is InChI=1S/C67H60N4O.Pt/c1-44-35-63(68-42-58(44)45-21-12-11-13-22-45)71-59-30-15-14-27-56(59)57-34-33-53(41-62(57)71)72-52-26-19-25-51(40-52)69-43-70(61-32-17-16-31-60(61)69)64-54(46-23-18-24-48(36-46)65(2,3)4)28-20-29-55(64)47-37-49(66(5,6)7)39-50(38-47)67(8,9)10;/h11-39,42H,1-10H3;/q-2;/i1D3,11D,12D,13D,21D,22D;. The van der Waals surface area contributed by atoms with Gasteiger partial charge in [-0.25, -0.2) is 4.98 Å². The SMILES string of the molecule is [2H]c1c([2H])c([2H])c(-c2cnc(-n3c4[c-]c(Oc5[c-]c(-n6[c-][n+](-c7c(-c8cccc(C(C)(C)C)c8)cccc7-c7cc(C(C)(C)C)cc(C(C)(C)C)c7)c7ccccc76)ccc5)ccc4c4ccccc43)cc2C([2H])([2H])[2H])c([2H])c1[2H].[Pt]. The maximum absolute atomic E-state index is 8.66. The first-order chi connectivity index (χ1) is 37.8. The van der Waals surface area contributed by atoms with Crippen LogP contribution in [0.1, 0.15) is 95.5 Å². The van der Waals surface area contributed by atoms with Gasteiger partial charge in [-0.05, 0) is 96.4 Å². The van der Waals surface area contributed by atoms with Crippen LogP contribution in [0.4, 0.5) is 0 Å². The zero-order valence-electron chi connectivity index (χ0n) is 50.4. The monoisotopic (exact) mass is 1140 g/mol. The van der Waals surface area contributed by atoms with Crippen LogP contribution in [0.2, 0.25) is 0 Å². The van der Waals surface area contributed by atoms with E-state index < -0.39 is 37.1 Å². The summed E-state index contributed by atoms with van der Waals surface area (Å²) in [6.07, 6.45) is 5.09. The fourth-order valence-electron chi connectivity index (χ4n) is 9.52. The summed E-state index contributed by atoms with van der Waals surface area (Å²) >= 11 is 0. The van der Waals surface area contributed by atoms with Gasteiger partial charge in [-0.1, -0.05) is 201 Å². The number of para-hydroxylation sites is 4. The summed E-state index contributed by atoms with van der Waals surface area (Å²) in [4.78, 5) is 4.73. The van der Waals surface area contributed by atoms with Crippen LogP contribution in [0.25, 0.3) is 83.4 Å². The molecule has 11 aromatic rings. The number of ether oxygens (including phenoxy) is 1. The number of hydrogen-bond acceptors (Lipinski definition) is 2. The number of hydrogen-bond donors (Lipinski definition) is 0. The van der Waals surface area contributed by atoms with E-state index >= 15 is 0 Å². The van der Waals surface area contributed by atoms with Crippen LogP contribution in [0.5, 0.6) is 11.5 Å². The number of aromatic nitrogens is 4. The van der Waals surface area contributed by atoms with E-state index in [-0.39, 0.29) is 59.8 Å². The van der Waals surface area contributed by atoms with Gasteiger partial charge in [0.05, 0.1) is 23.6 Å². The van der Waals surface area contributed by atoms with Crippen LogP contribution in [-0.4, -0.2) is 14.1 Å². The minimum Gasteiger partial charge on any atom is -0.510 e. The second-order valence-corrected chi connectivity index (χ2v) is 21.6. The summed E-state index contributed by atoms with van der Waals surface area (Å²) in [7, 11) is 0. The van der Waals surface area contributed by atoms with Crippen LogP contribution in [-0.2, 0) is 37.3 Å². The van der Waals surface area contributed by atoms with Gasteiger partial charge in [0.15, 0.2) is 0 Å². The maximum atomic E-state index is 8.66. The van der Waals surface area contributed by atoms with Crippen LogP contribution in [0.15, 0.2) is 182 Å². The van der Waals surface area contributed by atoms with Gasteiger partial charge in [0.25, 0.3) is 6.33 Å². The second-order valence-electron chi connectivity index (χ2n) is 21.6. The molecule has 6 heteroatoms. The number of nitrogens with zero attached hydrogens (tertiary/aromatic N) is 4. The Kier molecular flexibility index (Phi) is 10.4. The normalized spacial score (nSPS) is 13.9. The average Bonchev–Trinajstić information content (AvgIpc) is 4.16. The molecule has 0 saturated heterocycles. The van der Waals surface area contributed by atoms with Crippen molar-refractivity contribution in [3.8, 4) is 62.1 Å². The third-order valence-electron chi connectivity index (χ3n) is 13.5. The summed E-state index contributed by atoms with van der Waals surface area (Å²) in [5, 5.41) is 1.66. The summed E-state index contributed by atoms with van der Waals surface area (Å²) < 4.78 is 80.5. The minimum absolute atomic E-state index is 0. The summed E-state index contributed by atoms with van der Waals surface area (Å²) in [5.74, 6) is 1.01. The van der Waals surface area contributed by atoms with Crippen molar-refractivity contribution in [3.05, 3.63) is 223 Å². The molecule has 0 N–H and O–H groups in total. The largest absolute Gasteiger partial charge is 0.510 e. The first-order valence-electron chi connectivity index (χ1n) is 28.4. The molecule has 366 valence electrons. The fraction of sp³-hybridized carbons (Fsp3) is 0.194. The number of benzene rings is 8. The first-order valence-corrected chi connectivity index (χ1v) is 24.4. The Morgan fingerprint density at radius 2 is 1.21 bits per heavy atom. The van der Waals surface area contributed by atoms with Gasteiger partial charge in [-0.15, -0.1) is 29.7 Å². The predicted molar refractivity (Wildman–Crippen MR) is 297 cm³/mol. The molecule has 8 aromatic carbocycles. The van der Waals surface area contributed by atoms with Crippen LogP contribution in [0.3, 0.4) is 0 Å². The molecule has 73 heavy (non-hydrogen) atoms. The van der Waals surface area contributed by atoms with Gasteiger partial charge in [0, 0.05) is 54.0 Å². The fourth-order valence-corrected chi connectivity index (χ4v) is 9.52. The van der Waals surface area contributed by atoms with E-state index in [1.165, 1.54) is 29.0 Å². The van der Waals surface area contributed by atoms with Crippen molar-refractivity contribution >= 4 is 32.8 Å². The third kappa shape index (κ3) is 9.37. The van der Waals surface area contributed by atoms with Crippen molar-refractivity contribution in [1.29, 1.82) is 0 Å². The van der Waals surface area contributed by atoms with Gasteiger partial charge in [-0.2, -0.15) is 18.2 Å². The van der Waals surface area contributed by atoms with Crippen molar-refractivity contribution in [1.82, 2.24) is 14.1 Å². The van der Waals surface area contributed by atoms with E-state index in [0.29, 0.717) is 22.7 Å². The van der Waals surface area contributed by atoms with Gasteiger partial charge >= 0.3 is 0 Å². The van der Waals surface area contributed by atoms with E-state index in [9.17, 15) is 0 Å². The molecule has 3 heterocycles. The Hall–Kier alpha value is -7.33. The van der Waals surface area contributed by atoms with Crippen LogP contribution in [0, 0.1) is 25.3 Å². The minimum atomic E-state index is -2.76. The summed E-state index contributed by atoms with van der Waals surface area (Å²) in [5.41, 5.74) is 12.1. The Morgan fingerprint density at radius 1 is 0.562 bits per heavy atom. The molecule has 0 aliphatic heterocycles. The molecule has 3 aromatic heterocycles. The maximum Gasteiger partial charge on any atom is 0.268 e. The number of aryl methyl sites for hydroxylation is 1. The zero-order valence-corrected chi connectivity index (χ0v) is 44.7. The number of fused-ring (bicyclic) bond motifs is 4. The molecule has 0 radical (unpaired) electrons. The number of pyridine rings is 1. The Bertz CT molecular complexity index is 4230. The van der Waals surface area contributed by atoms with E-state index in [1.807, 2.05) is 65.2 Å². The van der Waals surface area contributed by atoms with Crippen LogP contribution >= 0.6 is 0 Å². The quantitative estimate of drug-likeness (QED) is 0.112. The van der Waals surface area contributed by atoms with E-state index in [2.05, 4.69) is 164 Å². The Morgan fingerprint density at radius 3 is 1.93 bits per heavy atom. The van der Waals surface area contributed by atoms with Gasteiger partial charge in [-0.3, -0.25) is 4.57 Å². The third-order valence-corrected chi connectivity index (χ3v) is 13.5. The van der Waals surface area contributed by atoms with E-state index in [1.54, 1.807) is 4.57 Å². The molecular weight excluding hydrogens is 1070 g/mol. The molecule has 0 fully saturated rings.